The van der Waals surface area contributed by atoms with Crippen LogP contribution in [0.4, 0.5) is 0 Å². The van der Waals surface area contributed by atoms with E-state index in [4.69, 9.17) is 15.2 Å². The van der Waals surface area contributed by atoms with Crippen LogP contribution in [0.25, 0.3) is 0 Å². The lowest BCUT2D eigenvalue weighted by molar-refractivity contribution is -0.169. The molecule has 1 unspecified atom stereocenters. The summed E-state index contributed by atoms with van der Waals surface area (Å²) in [7, 11) is 0. The highest BCUT2D eigenvalue weighted by molar-refractivity contribution is 5.81. The first-order valence-electron chi connectivity index (χ1n) is 6.21. The predicted octanol–water partition coefficient (Wildman–Crippen LogP) is 1.40. The Hall–Kier alpha value is -1.88. The van der Waals surface area contributed by atoms with Crippen LogP contribution in [0, 0.1) is 0 Å². The van der Waals surface area contributed by atoms with Crippen LogP contribution >= 0.6 is 0 Å². The molecule has 1 aromatic rings. The van der Waals surface area contributed by atoms with Gasteiger partial charge < -0.3 is 15.2 Å². The van der Waals surface area contributed by atoms with Gasteiger partial charge in [0.25, 0.3) is 0 Å². The fourth-order valence-corrected chi connectivity index (χ4v) is 1.37. The highest BCUT2D eigenvalue weighted by Gasteiger charge is 2.24. The Morgan fingerprint density at radius 2 is 1.84 bits per heavy atom. The zero-order valence-electron chi connectivity index (χ0n) is 11.2. The van der Waals surface area contributed by atoms with E-state index in [1.165, 1.54) is 6.92 Å². The Kier molecular flexibility index (Phi) is 6.02. The fourth-order valence-electron chi connectivity index (χ4n) is 1.37. The van der Waals surface area contributed by atoms with Crippen LogP contribution in [-0.2, 0) is 25.7 Å². The molecule has 0 aliphatic carbocycles. The SMILES string of the molecule is CC[C@H](OC(=O)C(C)N)C(=O)OCc1ccccc1. The van der Waals surface area contributed by atoms with Crippen molar-refractivity contribution in [3.05, 3.63) is 35.9 Å². The van der Waals surface area contributed by atoms with Crippen LogP contribution in [0.1, 0.15) is 25.8 Å². The summed E-state index contributed by atoms with van der Waals surface area (Å²) in [5.74, 6) is -1.16. The van der Waals surface area contributed by atoms with Crippen molar-refractivity contribution in [1.29, 1.82) is 0 Å². The maximum Gasteiger partial charge on any atom is 0.347 e. The number of benzene rings is 1. The summed E-state index contributed by atoms with van der Waals surface area (Å²) in [6.07, 6.45) is -0.547. The summed E-state index contributed by atoms with van der Waals surface area (Å²) in [5, 5.41) is 0. The van der Waals surface area contributed by atoms with Crippen LogP contribution in [0.3, 0.4) is 0 Å². The number of hydrogen-bond donors (Lipinski definition) is 1. The van der Waals surface area contributed by atoms with E-state index in [1.54, 1.807) is 6.92 Å². The van der Waals surface area contributed by atoms with E-state index in [1.807, 2.05) is 30.3 Å². The number of nitrogens with two attached hydrogens (primary N) is 1. The second kappa shape index (κ2) is 7.53. The van der Waals surface area contributed by atoms with E-state index >= 15 is 0 Å². The average molecular weight is 265 g/mol. The van der Waals surface area contributed by atoms with Gasteiger partial charge in [0.05, 0.1) is 0 Å². The van der Waals surface area contributed by atoms with Gasteiger partial charge in [0, 0.05) is 0 Å². The van der Waals surface area contributed by atoms with Crippen molar-refractivity contribution < 1.29 is 19.1 Å². The van der Waals surface area contributed by atoms with E-state index in [0.717, 1.165) is 5.56 Å². The summed E-state index contributed by atoms with van der Waals surface area (Å²) >= 11 is 0. The van der Waals surface area contributed by atoms with E-state index < -0.39 is 24.1 Å². The molecule has 0 saturated carbocycles. The van der Waals surface area contributed by atoms with E-state index in [9.17, 15) is 9.59 Å². The molecule has 0 aromatic heterocycles. The number of esters is 2. The number of carbonyl (C=O) groups is 2. The molecule has 0 radical (unpaired) electrons. The van der Waals surface area contributed by atoms with Crippen molar-refractivity contribution in [3.63, 3.8) is 0 Å². The fraction of sp³-hybridized carbons (Fsp3) is 0.429. The van der Waals surface area contributed by atoms with Gasteiger partial charge >= 0.3 is 11.9 Å². The lowest BCUT2D eigenvalue weighted by Crippen LogP contribution is -2.36. The maximum absolute atomic E-state index is 11.8. The summed E-state index contributed by atoms with van der Waals surface area (Å²) in [6.45, 7) is 3.40. The van der Waals surface area contributed by atoms with Crippen molar-refractivity contribution in [3.8, 4) is 0 Å². The molecule has 1 rings (SSSR count). The van der Waals surface area contributed by atoms with Gasteiger partial charge in [0.2, 0.25) is 0 Å². The number of ether oxygens (including phenoxy) is 2. The topological polar surface area (TPSA) is 78.6 Å². The molecule has 0 saturated heterocycles. The normalized spacial score (nSPS) is 13.4. The van der Waals surface area contributed by atoms with Crippen molar-refractivity contribution in [2.24, 2.45) is 5.73 Å². The van der Waals surface area contributed by atoms with Gasteiger partial charge in [-0.05, 0) is 18.9 Å². The number of rotatable bonds is 6. The lowest BCUT2D eigenvalue weighted by Gasteiger charge is -2.16. The Morgan fingerprint density at radius 1 is 1.21 bits per heavy atom. The first-order valence-corrected chi connectivity index (χ1v) is 6.21. The van der Waals surface area contributed by atoms with Gasteiger partial charge in [0.1, 0.15) is 12.6 Å². The minimum atomic E-state index is -0.901. The summed E-state index contributed by atoms with van der Waals surface area (Å²) in [5.41, 5.74) is 6.26. The van der Waals surface area contributed by atoms with E-state index in [2.05, 4.69) is 0 Å². The molecule has 0 amide bonds. The van der Waals surface area contributed by atoms with E-state index in [-0.39, 0.29) is 6.61 Å². The minimum absolute atomic E-state index is 0.159. The van der Waals surface area contributed by atoms with Crippen LogP contribution < -0.4 is 5.73 Å². The molecule has 2 N–H and O–H groups in total. The largest absolute Gasteiger partial charge is 0.458 e. The maximum atomic E-state index is 11.8. The molecule has 5 nitrogen and oxygen atoms in total. The highest BCUT2D eigenvalue weighted by atomic mass is 16.6. The van der Waals surface area contributed by atoms with Crippen LogP contribution in [0.15, 0.2) is 30.3 Å². The van der Waals surface area contributed by atoms with Gasteiger partial charge in [-0.3, -0.25) is 4.79 Å². The van der Waals surface area contributed by atoms with Crippen LogP contribution in [0.2, 0.25) is 0 Å². The lowest BCUT2D eigenvalue weighted by atomic mass is 10.2. The Labute approximate surface area is 112 Å². The smallest absolute Gasteiger partial charge is 0.347 e. The van der Waals surface area contributed by atoms with E-state index in [0.29, 0.717) is 6.42 Å². The molecule has 104 valence electrons. The average Bonchev–Trinajstić information content (AvgIpc) is 2.42. The Morgan fingerprint density at radius 3 is 2.37 bits per heavy atom. The molecule has 5 heteroatoms. The van der Waals surface area contributed by atoms with Gasteiger partial charge in [-0.1, -0.05) is 37.3 Å². The minimum Gasteiger partial charge on any atom is -0.458 e. The third-order valence-electron chi connectivity index (χ3n) is 2.49. The number of hydrogen-bond acceptors (Lipinski definition) is 5. The molecule has 0 heterocycles. The third-order valence-corrected chi connectivity index (χ3v) is 2.49. The molecule has 0 fully saturated rings. The second-order valence-electron chi connectivity index (χ2n) is 4.22. The molecule has 19 heavy (non-hydrogen) atoms. The molecule has 2 atom stereocenters. The van der Waals surface area contributed by atoms with Crippen molar-refractivity contribution in [2.45, 2.75) is 39.0 Å². The molecule has 0 bridgehead atoms. The molecular formula is C14H19NO4. The van der Waals surface area contributed by atoms with Crippen LogP contribution in [0.5, 0.6) is 0 Å². The molecule has 0 aliphatic rings. The van der Waals surface area contributed by atoms with Crippen molar-refractivity contribution in [1.82, 2.24) is 0 Å². The monoisotopic (exact) mass is 265 g/mol. The zero-order valence-corrected chi connectivity index (χ0v) is 11.2. The predicted molar refractivity (Wildman–Crippen MR) is 70.1 cm³/mol. The second-order valence-corrected chi connectivity index (χ2v) is 4.22. The van der Waals surface area contributed by atoms with Gasteiger partial charge in [0.15, 0.2) is 6.10 Å². The summed E-state index contributed by atoms with van der Waals surface area (Å²) < 4.78 is 10.1. The number of carbonyl (C=O) groups excluding carboxylic acids is 2. The standard InChI is InChI=1S/C14H19NO4/c1-3-12(19-13(16)10(2)15)14(17)18-9-11-7-5-4-6-8-11/h4-8,10,12H,3,9,15H2,1-2H3/t10?,12-/m0/s1. The van der Waals surface area contributed by atoms with Gasteiger partial charge in [-0.2, -0.15) is 0 Å². The third kappa shape index (κ3) is 5.09. The van der Waals surface area contributed by atoms with Gasteiger partial charge in [-0.15, -0.1) is 0 Å². The first-order chi connectivity index (χ1) is 9.04. The molecule has 0 spiro atoms. The molecule has 1 aromatic carbocycles. The quantitative estimate of drug-likeness (QED) is 0.786. The summed E-state index contributed by atoms with van der Waals surface area (Å²) in [6, 6.07) is 8.54. The molecule has 0 aliphatic heterocycles. The van der Waals surface area contributed by atoms with Gasteiger partial charge in [-0.25, -0.2) is 4.79 Å². The highest BCUT2D eigenvalue weighted by Crippen LogP contribution is 2.06. The Balaban J connectivity index is 2.48. The first kappa shape index (κ1) is 15.2. The van der Waals surface area contributed by atoms with Crippen molar-refractivity contribution >= 4 is 11.9 Å². The zero-order chi connectivity index (χ0) is 14.3. The molecular weight excluding hydrogens is 246 g/mol. The van der Waals surface area contributed by atoms with Crippen LogP contribution in [-0.4, -0.2) is 24.1 Å². The Bertz CT molecular complexity index is 417. The summed E-state index contributed by atoms with van der Waals surface area (Å²) in [4.78, 5) is 23.1. The van der Waals surface area contributed by atoms with Crippen molar-refractivity contribution in [2.75, 3.05) is 0 Å².